The van der Waals surface area contributed by atoms with Crippen LogP contribution in [0.25, 0.3) is 0 Å². The zero-order valence-electron chi connectivity index (χ0n) is 13.1. The minimum absolute atomic E-state index is 0.0328. The maximum absolute atomic E-state index is 12.5. The zero-order valence-corrected chi connectivity index (χ0v) is 13.1. The first-order chi connectivity index (χ1) is 10.0. The molecule has 1 saturated carbocycles. The van der Waals surface area contributed by atoms with E-state index < -0.39 is 0 Å². The van der Waals surface area contributed by atoms with Gasteiger partial charge in [-0.25, -0.2) is 10.8 Å². The molecule has 2 rings (SSSR count). The number of amides is 1. The minimum atomic E-state index is -0.0328. The molecule has 1 aromatic heterocycles. The lowest BCUT2D eigenvalue weighted by molar-refractivity contribution is 0.0889. The molecule has 0 aromatic carbocycles. The van der Waals surface area contributed by atoms with Gasteiger partial charge < -0.3 is 10.7 Å². The van der Waals surface area contributed by atoms with Gasteiger partial charge in [0.15, 0.2) is 0 Å². The summed E-state index contributed by atoms with van der Waals surface area (Å²) in [5.41, 5.74) is 3.89. The lowest BCUT2D eigenvalue weighted by Gasteiger charge is -2.35. The fourth-order valence-electron chi connectivity index (χ4n) is 3.26. The summed E-state index contributed by atoms with van der Waals surface area (Å²) in [6.07, 6.45) is 4.73. The predicted octanol–water partition coefficient (Wildman–Crippen LogP) is 2.62. The maximum Gasteiger partial charge on any atom is 0.251 e. The Morgan fingerprint density at radius 2 is 2.05 bits per heavy atom. The third-order valence-corrected chi connectivity index (χ3v) is 4.36. The molecule has 0 saturated heterocycles. The maximum atomic E-state index is 12.5. The second-order valence-corrected chi connectivity index (χ2v) is 6.30. The molecular weight excluding hydrogens is 264 g/mol. The Morgan fingerprint density at radius 1 is 1.33 bits per heavy atom. The molecule has 1 aliphatic carbocycles. The van der Waals surface area contributed by atoms with Crippen LogP contribution in [0.1, 0.15) is 55.6 Å². The number of pyridine rings is 1. The van der Waals surface area contributed by atoms with Crippen LogP contribution in [0.5, 0.6) is 0 Å². The van der Waals surface area contributed by atoms with Gasteiger partial charge in [0.2, 0.25) is 0 Å². The summed E-state index contributed by atoms with van der Waals surface area (Å²) in [6.45, 7) is 6.33. The number of nitrogens with zero attached hydrogens (tertiary/aromatic N) is 1. The third-order valence-electron chi connectivity index (χ3n) is 4.36. The fraction of sp³-hybridized carbons (Fsp3) is 0.625. The summed E-state index contributed by atoms with van der Waals surface area (Å²) in [5.74, 6) is 7.04. The van der Waals surface area contributed by atoms with Crippen LogP contribution >= 0.6 is 0 Å². The van der Waals surface area contributed by atoms with Gasteiger partial charge in [0.25, 0.3) is 5.91 Å². The van der Waals surface area contributed by atoms with Crippen LogP contribution < -0.4 is 16.6 Å². The van der Waals surface area contributed by atoms with E-state index in [-0.39, 0.29) is 11.9 Å². The fourth-order valence-corrected chi connectivity index (χ4v) is 3.26. The smallest absolute Gasteiger partial charge is 0.251 e. The van der Waals surface area contributed by atoms with E-state index in [2.05, 4.69) is 29.6 Å². The lowest BCUT2D eigenvalue weighted by Crippen LogP contribution is -2.44. The number of hydrogen-bond donors (Lipinski definition) is 3. The van der Waals surface area contributed by atoms with E-state index in [9.17, 15) is 4.79 Å². The number of hydrazine groups is 1. The van der Waals surface area contributed by atoms with Crippen LogP contribution in [0, 0.1) is 18.8 Å². The molecule has 0 spiro atoms. The molecular formula is C16H26N4O. The molecule has 21 heavy (non-hydrogen) atoms. The van der Waals surface area contributed by atoms with Crippen LogP contribution in [0.2, 0.25) is 0 Å². The molecule has 1 fully saturated rings. The largest absolute Gasteiger partial charge is 0.349 e. The average Bonchev–Trinajstić information content (AvgIpc) is 2.46. The summed E-state index contributed by atoms with van der Waals surface area (Å²) >= 11 is 0. The molecule has 1 heterocycles. The van der Waals surface area contributed by atoms with E-state index >= 15 is 0 Å². The number of carbonyl (C=O) groups excluding carboxylic acids is 1. The molecule has 0 radical (unpaired) electrons. The summed E-state index contributed by atoms with van der Waals surface area (Å²) in [7, 11) is 0. The van der Waals surface area contributed by atoms with E-state index in [0.29, 0.717) is 23.2 Å². The molecule has 5 heteroatoms. The van der Waals surface area contributed by atoms with Crippen molar-refractivity contribution in [1.29, 1.82) is 0 Å². The van der Waals surface area contributed by atoms with Gasteiger partial charge in [-0.1, -0.05) is 26.7 Å². The molecule has 116 valence electrons. The Bertz CT molecular complexity index is 501. The van der Waals surface area contributed by atoms with Crippen molar-refractivity contribution in [3.8, 4) is 0 Å². The van der Waals surface area contributed by atoms with Crippen molar-refractivity contribution in [2.75, 3.05) is 5.43 Å². The van der Waals surface area contributed by atoms with E-state index in [1.165, 1.54) is 19.3 Å². The normalized spacial score (nSPS) is 22.1. The number of aromatic nitrogens is 1. The zero-order chi connectivity index (χ0) is 15.4. The van der Waals surface area contributed by atoms with Gasteiger partial charge in [-0.3, -0.25) is 4.79 Å². The summed E-state index contributed by atoms with van der Waals surface area (Å²) in [4.78, 5) is 16.7. The Balaban J connectivity index is 2.11. The van der Waals surface area contributed by atoms with Gasteiger partial charge in [0.05, 0.1) is 0 Å². The highest BCUT2D eigenvalue weighted by atomic mass is 16.1. The van der Waals surface area contributed by atoms with E-state index in [0.717, 1.165) is 12.1 Å². The monoisotopic (exact) mass is 290 g/mol. The summed E-state index contributed by atoms with van der Waals surface area (Å²) < 4.78 is 0. The first-order valence-corrected chi connectivity index (χ1v) is 7.77. The van der Waals surface area contributed by atoms with Crippen molar-refractivity contribution in [3.05, 3.63) is 23.4 Å². The van der Waals surface area contributed by atoms with Crippen LogP contribution in [0.4, 0.5) is 5.82 Å². The predicted molar refractivity (Wildman–Crippen MR) is 84.8 cm³/mol. The van der Waals surface area contributed by atoms with Crippen molar-refractivity contribution in [2.24, 2.45) is 17.7 Å². The molecule has 4 N–H and O–H groups in total. The van der Waals surface area contributed by atoms with E-state index in [4.69, 9.17) is 5.84 Å². The highest BCUT2D eigenvalue weighted by Gasteiger charge is 2.28. The second-order valence-electron chi connectivity index (χ2n) is 6.30. The van der Waals surface area contributed by atoms with Gasteiger partial charge in [0.1, 0.15) is 5.82 Å². The van der Waals surface area contributed by atoms with Gasteiger partial charge in [-0.2, -0.15) is 0 Å². The number of nitrogen functional groups attached to an aromatic ring is 1. The standard InChI is InChI=1S/C16H26N4O/c1-10(2)13-6-4-5-7-14(13)19-16(21)12-8-11(3)18-15(9-12)20-17/h8-10,13-14H,4-7,17H2,1-3H3,(H,18,20)(H,19,21). The number of nitrogens with one attached hydrogen (secondary N) is 2. The van der Waals surface area contributed by atoms with Crippen LogP contribution in [0.15, 0.2) is 12.1 Å². The summed E-state index contributed by atoms with van der Waals surface area (Å²) in [6, 6.07) is 3.76. The quantitative estimate of drug-likeness (QED) is 0.588. The first kappa shape index (κ1) is 15.8. The average molecular weight is 290 g/mol. The number of aryl methyl sites for hydroxylation is 1. The highest BCUT2D eigenvalue weighted by Crippen LogP contribution is 2.30. The van der Waals surface area contributed by atoms with E-state index in [1.54, 1.807) is 12.1 Å². The Kier molecular flexibility index (Phi) is 5.17. The van der Waals surface area contributed by atoms with E-state index in [1.807, 2.05) is 6.92 Å². The number of anilines is 1. The number of rotatable bonds is 4. The minimum Gasteiger partial charge on any atom is -0.349 e. The van der Waals surface area contributed by atoms with Crippen LogP contribution in [-0.4, -0.2) is 16.9 Å². The molecule has 5 nitrogen and oxygen atoms in total. The molecule has 2 atom stereocenters. The molecule has 0 bridgehead atoms. The molecule has 0 aliphatic heterocycles. The summed E-state index contributed by atoms with van der Waals surface area (Å²) in [5, 5.41) is 3.21. The SMILES string of the molecule is Cc1cc(C(=O)NC2CCCCC2C(C)C)cc(NN)n1. The highest BCUT2D eigenvalue weighted by molar-refractivity contribution is 5.95. The van der Waals surface area contributed by atoms with Crippen molar-refractivity contribution >= 4 is 11.7 Å². The van der Waals surface area contributed by atoms with Crippen molar-refractivity contribution in [2.45, 2.75) is 52.5 Å². The Labute approximate surface area is 126 Å². The van der Waals surface area contributed by atoms with Crippen molar-refractivity contribution in [1.82, 2.24) is 10.3 Å². The number of carbonyl (C=O) groups is 1. The molecule has 1 amide bonds. The Morgan fingerprint density at radius 3 is 2.71 bits per heavy atom. The van der Waals surface area contributed by atoms with Crippen LogP contribution in [-0.2, 0) is 0 Å². The van der Waals surface area contributed by atoms with Crippen LogP contribution in [0.3, 0.4) is 0 Å². The third kappa shape index (κ3) is 3.94. The molecule has 2 unspecified atom stereocenters. The van der Waals surface area contributed by atoms with Gasteiger partial charge >= 0.3 is 0 Å². The second kappa shape index (κ2) is 6.89. The van der Waals surface area contributed by atoms with Crippen molar-refractivity contribution in [3.63, 3.8) is 0 Å². The Hall–Kier alpha value is -1.62. The number of hydrogen-bond acceptors (Lipinski definition) is 4. The van der Waals surface area contributed by atoms with Gasteiger partial charge in [0, 0.05) is 17.3 Å². The van der Waals surface area contributed by atoms with Gasteiger partial charge in [-0.15, -0.1) is 0 Å². The lowest BCUT2D eigenvalue weighted by atomic mass is 9.78. The molecule has 1 aliphatic rings. The van der Waals surface area contributed by atoms with Crippen molar-refractivity contribution < 1.29 is 4.79 Å². The molecule has 1 aromatic rings. The van der Waals surface area contributed by atoms with Gasteiger partial charge in [-0.05, 0) is 43.7 Å². The first-order valence-electron chi connectivity index (χ1n) is 7.77. The topological polar surface area (TPSA) is 80.0 Å². The number of nitrogens with two attached hydrogens (primary N) is 1.